The van der Waals surface area contributed by atoms with Crippen LogP contribution in [0.5, 0.6) is 5.75 Å². The summed E-state index contributed by atoms with van der Waals surface area (Å²) in [5.74, 6) is -0.289. The Bertz CT molecular complexity index is 755. The zero-order valence-electron chi connectivity index (χ0n) is 14.7. The molecule has 0 aliphatic rings. The van der Waals surface area contributed by atoms with Gasteiger partial charge >= 0.3 is 11.9 Å². The van der Waals surface area contributed by atoms with Crippen LogP contribution in [0.4, 0.5) is 0 Å². The maximum atomic E-state index is 11.5. The van der Waals surface area contributed by atoms with Crippen LogP contribution in [0, 0.1) is 5.92 Å². The Morgan fingerprint density at radius 3 is 1.96 bits per heavy atom. The molecule has 0 unspecified atom stereocenters. The number of esters is 2. The van der Waals surface area contributed by atoms with E-state index in [0.29, 0.717) is 11.3 Å². The highest BCUT2D eigenvalue weighted by Crippen LogP contribution is 2.23. The van der Waals surface area contributed by atoms with Gasteiger partial charge in [-0.15, -0.1) is 0 Å². The van der Waals surface area contributed by atoms with E-state index >= 15 is 0 Å². The number of ether oxygens (including phenoxy) is 2. The van der Waals surface area contributed by atoms with Gasteiger partial charge in [-0.1, -0.05) is 56.8 Å². The van der Waals surface area contributed by atoms with Gasteiger partial charge in [0.15, 0.2) is 0 Å². The predicted octanol–water partition coefficient (Wildman–Crippen LogP) is 4.53. The van der Waals surface area contributed by atoms with Crippen LogP contribution < -0.4 is 4.74 Å². The predicted molar refractivity (Wildman–Crippen MR) is 97.0 cm³/mol. The van der Waals surface area contributed by atoms with Crippen LogP contribution in [0.2, 0.25) is 0 Å². The molecule has 0 amide bonds. The Morgan fingerprint density at radius 1 is 0.960 bits per heavy atom. The summed E-state index contributed by atoms with van der Waals surface area (Å²) >= 11 is 0. The molecule has 0 N–H and O–H groups in total. The van der Waals surface area contributed by atoms with Gasteiger partial charge in [0.05, 0.1) is 5.92 Å². The molecular formula is C21H22O4. The number of hydrogen-bond acceptors (Lipinski definition) is 4. The van der Waals surface area contributed by atoms with Gasteiger partial charge in [0.2, 0.25) is 0 Å². The van der Waals surface area contributed by atoms with Crippen molar-refractivity contribution < 1.29 is 19.1 Å². The molecule has 0 bridgehead atoms. The van der Waals surface area contributed by atoms with Crippen molar-refractivity contribution in [1.29, 1.82) is 0 Å². The summed E-state index contributed by atoms with van der Waals surface area (Å²) in [6, 6.07) is 15.0. The second-order valence-corrected chi connectivity index (χ2v) is 6.15. The smallest absolute Gasteiger partial charge is 0.338 e. The molecule has 0 radical (unpaired) electrons. The molecule has 4 heteroatoms. The number of benzene rings is 2. The number of carbonyl (C=O) groups excluding carboxylic acids is 2. The van der Waals surface area contributed by atoms with Crippen LogP contribution >= 0.6 is 0 Å². The van der Waals surface area contributed by atoms with Crippen molar-refractivity contribution in [2.24, 2.45) is 5.92 Å². The lowest BCUT2D eigenvalue weighted by molar-refractivity contribution is -0.148. The van der Waals surface area contributed by atoms with Crippen molar-refractivity contribution in [3.63, 3.8) is 0 Å². The van der Waals surface area contributed by atoms with Crippen molar-refractivity contribution in [3.8, 4) is 16.9 Å². The normalized spacial score (nSPS) is 10.4. The second-order valence-electron chi connectivity index (χ2n) is 6.15. The molecular weight excluding hydrogens is 316 g/mol. The van der Waals surface area contributed by atoms with Crippen LogP contribution in [0.3, 0.4) is 0 Å². The molecule has 25 heavy (non-hydrogen) atoms. The van der Waals surface area contributed by atoms with Crippen LogP contribution in [-0.2, 0) is 20.9 Å². The Labute approximate surface area is 148 Å². The number of carbonyl (C=O) groups is 2. The molecule has 0 saturated heterocycles. The van der Waals surface area contributed by atoms with Crippen molar-refractivity contribution in [3.05, 3.63) is 66.2 Å². The van der Waals surface area contributed by atoms with Crippen molar-refractivity contribution >= 4 is 11.9 Å². The summed E-state index contributed by atoms with van der Waals surface area (Å²) in [4.78, 5) is 23.0. The molecule has 0 atom stereocenters. The minimum atomic E-state index is -0.437. The van der Waals surface area contributed by atoms with Crippen molar-refractivity contribution in [2.45, 2.75) is 27.4 Å². The first kappa shape index (κ1) is 18.5. The van der Waals surface area contributed by atoms with Gasteiger partial charge in [-0.05, 0) is 35.7 Å². The lowest BCUT2D eigenvalue weighted by atomic mass is 10.0. The second kappa shape index (κ2) is 8.29. The van der Waals surface area contributed by atoms with E-state index in [4.69, 9.17) is 9.47 Å². The summed E-state index contributed by atoms with van der Waals surface area (Å²) < 4.78 is 10.4. The van der Waals surface area contributed by atoms with E-state index < -0.39 is 5.97 Å². The summed E-state index contributed by atoms with van der Waals surface area (Å²) in [6.07, 6.45) is 0. The third-order valence-corrected chi connectivity index (χ3v) is 3.55. The molecule has 0 fully saturated rings. The molecule has 0 aromatic heterocycles. The van der Waals surface area contributed by atoms with E-state index in [1.807, 2.05) is 50.2 Å². The molecule has 0 heterocycles. The van der Waals surface area contributed by atoms with E-state index in [2.05, 4.69) is 6.58 Å². The van der Waals surface area contributed by atoms with E-state index in [0.717, 1.165) is 16.7 Å². The van der Waals surface area contributed by atoms with Crippen LogP contribution in [0.1, 0.15) is 26.3 Å². The van der Waals surface area contributed by atoms with Gasteiger partial charge < -0.3 is 9.47 Å². The van der Waals surface area contributed by atoms with Crippen molar-refractivity contribution in [2.75, 3.05) is 0 Å². The molecule has 0 aliphatic heterocycles. The molecule has 0 aliphatic carbocycles. The Balaban J connectivity index is 2.01. The Morgan fingerprint density at radius 2 is 1.48 bits per heavy atom. The van der Waals surface area contributed by atoms with Crippen LogP contribution in [0.25, 0.3) is 11.1 Å². The summed E-state index contributed by atoms with van der Waals surface area (Å²) in [7, 11) is 0. The van der Waals surface area contributed by atoms with Gasteiger partial charge in [-0.2, -0.15) is 0 Å². The zero-order chi connectivity index (χ0) is 18.4. The summed E-state index contributed by atoms with van der Waals surface area (Å²) in [6.45, 7) is 9.05. The van der Waals surface area contributed by atoms with Gasteiger partial charge in [0.1, 0.15) is 12.4 Å². The summed E-state index contributed by atoms with van der Waals surface area (Å²) in [5.41, 5.74) is 3.32. The Kier molecular flexibility index (Phi) is 6.12. The quantitative estimate of drug-likeness (QED) is 0.441. The highest BCUT2D eigenvalue weighted by Gasteiger charge is 2.09. The van der Waals surface area contributed by atoms with Gasteiger partial charge in [-0.25, -0.2) is 4.79 Å². The standard InChI is InChI=1S/C21H22O4/c1-14(2)20(22)24-13-16-5-7-17(8-6-16)18-9-11-19(12-10-18)25-21(23)15(3)4/h5-12,14H,3,13H2,1-2,4H3. The number of rotatable bonds is 6. The molecule has 130 valence electrons. The average Bonchev–Trinajstić information content (AvgIpc) is 2.60. The lowest BCUT2D eigenvalue weighted by Gasteiger charge is -2.08. The third kappa shape index (κ3) is 5.31. The fourth-order valence-electron chi connectivity index (χ4n) is 2.02. The first-order valence-corrected chi connectivity index (χ1v) is 8.10. The maximum Gasteiger partial charge on any atom is 0.338 e. The van der Waals surface area contributed by atoms with E-state index in [1.165, 1.54) is 0 Å². The molecule has 2 aromatic rings. The van der Waals surface area contributed by atoms with E-state index in [1.54, 1.807) is 19.1 Å². The lowest BCUT2D eigenvalue weighted by Crippen LogP contribution is -2.11. The van der Waals surface area contributed by atoms with Crippen LogP contribution in [-0.4, -0.2) is 11.9 Å². The van der Waals surface area contributed by atoms with Gasteiger partial charge in [-0.3, -0.25) is 4.79 Å². The largest absolute Gasteiger partial charge is 0.461 e. The topological polar surface area (TPSA) is 52.6 Å². The first-order valence-electron chi connectivity index (χ1n) is 8.10. The SMILES string of the molecule is C=C(C)C(=O)Oc1ccc(-c2ccc(COC(=O)C(C)C)cc2)cc1. The fraction of sp³-hybridized carbons (Fsp3) is 0.238. The minimum absolute atomic E-state index is 0.128. The van der Waals surface area contributed by atoms with Crippen LogP contribution in [0.15, 0.2) is 60.7 Å². The molecule has 4 nitrogen and oxygen atoms in total. The molecule has 0 spiro atoms. The monoisotopic (exact) mass is 338 g/mol. The van der Waals surface area contributed by atoms with E-state index in [9.17, 15) is 9.59 Å². The molecule has 2 rings (SSSR count). The highest BCUT2D eigenvalue weighted by molar-refractivity contribution is 5.88. The molecule has 0 saturated carbocycles. The fourth-order valence-corrected chi connectivity index (χ4v) is 2.02. The van der Waals surface area contributed by atoms with Crippen molar-refractivity contribution in [1.82, 2.24) is 0 Å². The van der Waals surface area contributed by atoms with Gasteiger partial charge in [0, 0.05) is 5.57 Å². The van der Waals surface area contributed by atoms with E-state index in [-0.39, 0.29) is 18.5 Å². The Hall–Kier alpha value is -2.88. The average molecular weight is 338 g/mol. The number of hydrogen-bond donors (Lipinski definition) is 0. The molecule has 2 aromatic carbocycles. The third-order valence-electron chi connectivity index (χ3n) is 3.55. The summed E-state index contributed by atoms with van der Waals surface area (Å²) in [5, 5.41) is 0. The van der Waals surface area contributed by atoms with Gasteiger partial charge in [0.25, 0.3) is 0 Å². The first-order chi connectivity index (χ1) is 11.9. The zero-order valence-corrected chi connectivity index (χ0v) is 14.7. The highest BCUT2D eigenvalue weighted by atomic mass is 16.5. The minimum Gasteiger partial charge on any atom is -0.461 e. The maximum absolute atomic E-state index is 11.5.